The summed E-state index contributed by atoms with van der Waals surface area (Å²) in [6.45, 7) is 7.17. The lowest BCUT2D eigenvalue weighted by Gasteiger charge is -2.26. The lowest BCUT2D eigenvalue weighted by atomic mass is 9.78. The lowest BCUT2D eigenvalue weighted by molar-refractivity contribution is 0.112. The highest BCUT2D eigenvalue weighted by molar-refractivity contribution is 5.78. The van der Waals surface area contributed by atoms with Crippen molar-refractivity contribution in [2.45, 2.75) is 51.9 Å². The standard InChI is InChI=1S/C29H34O4/c1-5-6-7-11-18-32-28-26(31-4)19-22(21-30)20-27(28)33-25-16-14-24(15-17-25)29(2,3)23-12-9-8-10-13-23/h8-10,12-17,19-21H,5-7,11,18H2,1-4H3. The molecule has 0 saturated heterocycles. The molecular formula is C29H34O4. The van der Waals surface area contributed by atoms with Crippen LogP contribution in [0.15, 0.2) is 66.7 Å². The van der Waals surface area contributed by atoms with E-state index in [2.05, 4.69) is 57.2 Å². The Kier molecular flexibility index (Phi) is 8.53. The van der Waals surface area contributed by atoms with Crippen molar-refractivity contribution < 1.29 is 19.0 Å². The molecule has 4 nitrogen and oxygen atoms in total. The minimum Gasteiger partial charge on any atom is -0.493 e. The lowest BCUT2D eigenvalue weighted by Crippen LogP contribution is -2.18. The van der Waals surface area contributed by atoms with E-state index in [9.17, 15) is 4.79 Å². The Hall–Kier alpha value is -3.27. The molecule has 0 aliphatic carbocycles. The summed E-state index contributed by atoms with van der Waals surface area (Å²) in [6, 6.07) is 21.9. The van der Waals surface area contributed by atoms with Gasteiger partial charge in [0.25, 0.3) is 0 Å². The molecule has 0 bridgehead atoms. The van der Waals surface area contributed by atoms with E-state index >= 15 is 0 Å². The van der Waals surface area contributed by atoms with Crippen molar-refractivity contribution >= 4 is 6.29 Å². The third kappa shape index (κ3) is 6.16. The molecule has 33 heavy (non-hydrogen) atoms. The number of ether oxygens (including phenoxy) is 3. The van der Waals surface area contributed by atoms with Crippen molar-refractivity contribution in [2.24, 2.45) is 0 Å². The summed E-state index contributed by atoms with van der Waals surface area (Å²) in [6.07, 6.45) is 5.20. The van der Waals surface area contributed by atoms with Crippen LogP contribution in [0.3, 0.4) is 0 Å². The molecule has 0 aromatic heterocycles. The van der Waals surface area contributed by atoms with Crippen LogP contribution in [0.5, 0.6) is 23.0 Å². The molecule has 0 saturated carbocycles. The summed E-state index contributed by atoms with van der Waals surface area (Å²) in [5.41, 5.74) is 2.78. The zero-order valence-electron chi connectivity index (χ0n) is 20.1. The molecule has 0 fully saturated rings. The second-order valence-electron chi connectivity index (χ2n) is 8.69. The molecule has 174 valence electrons. The van der Waals surface area contributed by atoms with Crippen LogP contribution in [0.25, 0.3) is 0 Å². The van der Waals surface area contributed by atoms with Crippen LogP contribution in [-0.4, -0.2) is 20.0 Å². The fourth-order valence-corrected chi connectivity index (χ4v) is 3.83. The third-order valence-electron chi connectivity index (χ3n) is 5.94. The minimum absolute atomic E-state index is 0.132. The van der Waals surface area contributed by atoms with Gasteiger partial charge in [-0.15, -0.1) is 0 Å². The topological polar surface area (TPSA) is 44.8 Å². The van der Waals surface area contributed by atoms with E-state index < -0.39 is 0 Å². The maximum absolute atomic E-state index is 11.5. The first-order valence-corrected chi connectivity index (χ1v) is 11.6. The Morgan fingerprint density at radius 3 is 2.15 bits per heavy atom. The maximum Gasteiger partial charge on any atom is 0.204 e. The van der Waals surface area contributed by atoms with Gasteiger partial charge in [-0.25, -0.2) is 0 Å². The fourth-order valence-electron chi connectivity index (χ4n) is 3.83. The summed E-state index contributed by atoms with van der Waals surface area (Å²) < 4.78 is 17.7. The van der Waals surface area contributed by atoms with Gasteiger partial charge in [-0.3, -0.25) is 4.79 Å². The molecule has 0 atom stereocenters. The number of unbranched alkanes of at least 4 members (excludes halogenated alkanes) is 3. The molecule has 3 rings (SSSR count). The van der Waals surface area contributed by atoms with Crippen molar-refractivity contribution in [3.05, 3.63) is 83.4 Å². The molecule has 0 aliphatic heterocycles. The van der Waals surface area contributed by atoms with E-state index in [-0.39, 0.29) is 5.41 Å². The van der Waals surface area contributed by atoms with Gasteiger partial charge in [-0.1, -0.05) is 82.5 Å². The van der Waals surface area contributed by atoms with Crippen LogP contribution in [-0.2, 0) is 5.41 Å². The Morgan fingerprint density at radius 2 is 1.52 bits per heavy atom. The van der Waals surface area contributed by atoms with Crippen LogP contribution < -0.4 is 14.2 Å². The fraction of sp³-hybridized carbons (Fsp3) is 0.345. The number of carbonyl (C=O) groups excluding carboxylic acids is 1. The summed E-state index contributed by atoms with van der Waals surface area (Å²) in [4.78, 5) is 11.5. The first-order valence-electron chi connectivity index (χ1n) is 11.6. The van der Waals surface area contributed by atoms with E-state index in [1.165, 1.54) is 24.0 Å². The Morgan fingerprint density at radius 1 is 0.848 bits per heavy atom. The van der Waals surface area contributed by atoms with Gasteiger partial charge in [0.05, 0.1) is 13.7 Å². The van der Waals surface area contributed by atoms with E-state index in [1.807, 2.05) is 18.2 Å². The van der Waals surface area contributed by atoms with Gasteiger partial charge in [0.2, 0.25) is 5.75 Å². The number of methoxy groups -OCH3 is 1. The van der Waals surface area contributed by atoms with Gasteiger partial charge in [0.1, 0.15) is 12.0 Å². The Balaban J connectivity index is 1.83. The van der Waals surface area contributed by atoms with Crippen LogP contribution >= 0.6 is 0 Å². The number of hydrogen-bond donors (Lipinski definition) is 0. The first kappa shape index (κ1) is 24.4. The molecule has 3 aromatic carbocycles. The van der Waals surface area contributed by atoms with Crippen molar-refractivity contribution in [3.63, 3.8) is 0 Å². The van der Waals surface area contributed by atoms with Crippen LogP contribution in [0.4, 0.5) is 0 Å². The third-order valence-corrected chi connectivity index (χ3v) is 5.94. The smallest absolute Gasteiger partial charge is 0.204 e. The monoisotopic (exact) mass is 446 g/mol. The van der Waals surface area contributed by atoms with Crippen molar-refractivity contribution in [1.82, 2.24) is 0 Å². The SMILES string of the molecule is CCCCCCOc1c(OC)cc(C=O)cc1Oc1ccc(C(C)(C)c2ccccc2)cc1. The summed E-state index contributed by atoms with van der Waals surface area (Å²) >= 11 is 0. The highest BCUT2D eigenvalue weighted by atomic mass is 16.5. The molecule has 4 heteroatoms. The quantitative estimate of drug-likeness (QED) is 0.212. The molecule has 0 amide bonds. The van der Waals surface area contributed by atoms with Crippen LogP contribution in [0.2, 0.25) is 0 Å². The summed E-state index contributed by atoms with van der Waals surface area (Å²) in [7, 11) is 1.57. The zero-order valence-corrected chi connectivity index (χ0v) is 20.1. The van der Waals surface area contributed by atoms with Gasteiger partial charge in [-0.2, -0.15) is 0 Å². The Bertz CT molecular complexity index is 1020. The average Bonchev–Trinajstić information content (AvgIpc) is 2.85. The number of hydrogen-bond acceptors (Lipinski definition) is 4. The molecule has 3 aromatic rings. The second-order valence-corrected chi connectivity index (χ2v) is 8.69. The zero-order chi connectivity index (χ0) is 23.7. The van der Waals surface area contributed by atoms with Crippen LogP contribution in [0.1, 0.15) is 67.9 Å². The molecular weight excluding hydrogens is 412 g/mol. The van der Waals surface area contributed by atoms with Crippen molar-refractivity contribution in [1.29, 1.82) is 0 Å². The number of carbonyl (C=O) groups is 1. The Labute approximate surface area is 197 Å². The normalized spacial score (nSPS) is 11.2. The molecule has 0 aliphatic rings. The molecule has 0 N–H and O–H groups in total. The van der Waals surface area contributed by atoms with E-state index in [0.717, 1.165) is 19.1 Å². The van der Waals surface area contributed by atoms with Gasteiger partial charge in [0.15, 0.2) is 11.5 Å². The van der Waals surface area contributed by atoms with Gasteiger partial charge >= 0.3 is 0 Å². The molecule has 0 unspecified atom stereocenters. The maximum atomic E-state index is 11.5. The van der Waals surface area contributed by atoms with Crippen molar-refractivity contribution in [3.8, 4) is 23.0 Å². The van der Waals surface area contributed by atoms with Crippen molar-refractivity contribution in [2.75, 3.05) is 13.7 Å². The second kappa shape index (κ2) is 11.6. The summed E-state index contributed by atoms with van der Waals surface area (Å²) in [5.74, 6) is 2.16. The van der Waals surface area contributed by atoms with E-state index in [1.54, 1.807) is 19.2 Å². The predicted octanol–water partition coefficient (Wildman–Crippen LogP) is 7.59. The summed E-state index contributed by atoms with van der Waals surface area (Å²) in [5, 5.41) is 0. The highest BCUT2D eigenvalue weighted by Gasteiger charge is 2.23. The molecule has 0 heterocycles. The van der Waals surface area contributed by atoms with Gasteiger partial charge in [-0.05, 0) is 41.8 Å². The van der Waals surface area contributed by atoms with E-state index in [4.69, 9.17) is 14.2 Å². The molecule has 0 spiro atoms. The highest BCUT2D eigenvalue weighted by Crippen LogP contribution is 2.41. The average molecular weight is 447 g/mol. The van der Waals surface area contributed by atoms with E-state index in [0.29, 0.717) is 35.2 Å². The number of rotatable bonds is 12. The predicted molar refractivity (Wildman–Crippen MR) is 133 cm³/mol. The largest absolute Gasteiger partial charge is 0.493 e. The minimum atomic E-state index is -0.132. The van der Waals surface area contributed by atoms with Crippen LogP contribution in [0, 0.1) is 0 Å². The number of benzene rings is 3. The number of aldehydes is 1. The van der Waals surface area contributed by atoms with Gasteiger partial charge in [0, 0.05) is 11.0 Å². The molecule has 0 radical (unpaired) electrons. The van der Waals surface area contributed by atoms with Gasteiger partial charge < -0.3 is 14.2 Å². The first-order chi connectivity index (χ1) is 16.0.